The van der Waals surface area contributed by atoms with Gasteiger partial charge in [-0.05, 0) is 31.9 Å². The third-order valence-corrected chi connectivity index (χ3v) is 4.08. The van der Waals surface area contributed by atoms with Crippen molar-refractivity contribution in [2.75, 3.05) is 26.8 Å². The van der Waals surface area contributed by atoms with Crippen LogP contribution in [0.3, 0.4) is 0 Å². The molecule has 2 heterocycles. The van der Waals surface area contributed by atoms with Crippen LogP contribution in [0.1, 0.15) is 39.0 Å². The van der Waals surface area contributed by atoms with Gasteiger partial charge in [0.15, 0.2) is 5.79 Å². The van der Waals surface area contributed by atoms with Gasteiger partial charge in [-0.15, -0.1) is 0 Å². The molecule has 2 amide bonds. The second-order valence-electron chi connectivity index (χ2n) is 6.13. The normalized spacial score (nSPS) is 19.6. The fourth-order valence-corrected chi connectivity index (χ4v) is 2.66. The molecule has 1 saturated heterocycles. The van der Waals surface area contributed by atoms with Crippen LogP contribution in [0.15, 0.2) is 22.8 Å². The number of nitrogens with zero attached hydrogens (tertiary/aromatic N) is 1. The number of rotatable bonds is 6. The summed E-state index contributed by atoms with van der Waals surface area (Å²) in [4.78, 5) is 13.8. The predicted molar refractivity (Wildman–Crippen MR) is 82.4 cm³/mol. The van der Waals surface area contributed by atoms with E-state index in [2.05, 4.69) is 12.2 Å². The molecule has 0 radical (unpaired) electrons. The van der Waals surface area contributed by atoms with Crippen molar-refractivity contribution in [1.29, 1.82) is 0 Å². The number of amides is 2. The zero-order valence-corrected chi connectivity index (χ0v) is 13.8. The summed E-state index contributed by atoms with van der Waals surface area (Å²) in [5.74, 6) is 0.516. The molecular formula is C16H26N2O4. The maximum absolute atomic E-state index is 12.2. The quantitative estimate of drug-likeness (QED) is 0.877. The van der Waals surface area contributed by atoms with E-state index in [9.17, 15) is 4.79 Å². The Hall–Kier alpha value is -1.53. The molecular weight excluding hydrogens is 284 g/mol. The van der Waals surface area contributed by atoms with E-state index in [4.69, 9.17) is 13.9 Å². The van der Waals surface area contributed by atoms with Crippen LogP contribution in [0.25, 0.3) is 0 Å². The van der Waals surface area contributed by atoms with Gasteiger partial charge < -0.3 is 24.1 Å². The van der Waals surface area contributed by atoms with Gasteiger partial charge in [0.1, 0.15) is 5.76 Å². The largest absolute Gasteiger partial charge is 0.467 e. The van der Waals surface area contributed by atoms with Crippen LogP contribution in [0.5, 0.6) is 0 Å². The molecule has 1 aromatic rings. The minimum absolute atomic E-state index is 0.107. The molecule has 0 spiro atoms. The highest BCUT2D eigenvalue weighted by Gasteiger charge is 2.32. The first kappa shape index (κ1) is 16.8. The predicted octanol–water partition coefficient (Wildman–Crippen LogP) is 2.77. The zero-order valence-electron chi connectivity index (χ0n) is 13.8. The second-order valence-corrected chi connectivity index (χ2v) is 6.13. The SMILES string of the molecule is CC(CNC(=O)N(C)C(C)c1ccco1)CC1(C)OCCO1. The van der Waals surface area contributed by atoms with Crippen LogP contribution in [0.4, 0.5) is 4.79 Å². The molecule has 1 aromatic heterocycles. The maximum atomic E-state index is 12.2. The van der Waals surface area contributed by atoms with Gasteiger partial charge in [-0.1, -0.05) is 6.92 Å². The van der Waals surface area contributed by atoms with Crippen LogP contribution in [-0.4, -0.2) is 43.5 Å². The Kier molecular flexibility index (Phi) is 5.47. The van der Waals surface area contributed by atoms with Gasteiger partial charge in [0, 0.05) is 20.0 Å². The van der Waals surface area contributed by atoms with E-state index in [1.54, 1.807) is 18.2 Å². The topological polar surface area (TPSA) is 63.9 Å². The lowest BCUT2D eigenvalue weighted by Crippen LogP contribution is -2.41. The Bertz CT molecular complexity index is 469. The average molecular weight is 310 g/mol. The average Bonchev–Trinajstić information content (AvgIpc) is 3.14. The van der Waals surface area contributed by atoms with Crippen molar-refractivity contribution >= 4 is 6.03 Å². The molecule has 1 aliphatic heterocycles. The van der Waals surface area contributed by atoms with Crippen LogP contribution in [0, 0.1) is 5.92 Å². The maximum Gasteiger partial charge on any atom is 0.317 e. The second kappa shape index (κ2) is 7.15. The highest BCUT2D eigenvalue weighted by molar-refractivity contribution is 5.74. The molecule has 6 nitrogen and oxygen atoms in total. The Morgan fingerprint density at radius 1 is 1.41 bits per heavy atom. The molecule has 2 rings (SSSR count). The van der Waals surface area contributed by atoms with Gasteiger partial charge in [0.05, 0.1) is 25.5 Å². The van der Waals surface area contributed by atoms with Gasteiger partial charge >= 0.3 is 6.03 Å². The van der Waals surface area contributed by atoms with E-state index in [1.807, 2.05) is 26.0 Å². The van der Waals surface area contributed by atoms with Crippen molar-refractivity contribution in [3.8, 4) is 0 Å². The summed E-state index contributed by atoms with van der Waals surface area (Å²) in [6.07, 6.45) is 2.37. The van der Waals surface area contributed by atoms with E-state index in [0.717, 1.165) is 12.2 Å². The van der Waals surface area contributed by atoms with E-state index in [-0.39, 0.29) is 18.0 Å². The van der Waals surface area contributed by atoms with E-state index < -0.39 is 5.79 Å². The lowest BCUT2D eigenvalue weighted by Gasteiger charge is -2.27. The summed E-state index contributed by atoms with van der Waals surface area (Å²) in [6, 6.07) is 3.47. The van der Waals surface area contributed by atoms with Crippen molar-refractivity contribution in [1.82, 2.24) is 10.2 Å². The Labute approximate surface area is 131 Å². The number of hydrogen-bond donors (Lipinski definition) is 1. The molecule has 22 heavy (non-hydrogen) atoms. The highest BCUT2D eigenvalue weighted by atomic mass is 16.7. The molecule has 0 saturated carbocycles. The molecule has 1 aliphatic rings. The van der Waals surface area contributed by atoms with E-state index >= 15 is 0 Å². The lowest BCUT2D eigenvalue weighted by molar-refractivity contribution is -0.153. The molecule has 0 aliphatic carbocycles. The van der Waals surface area contributed by atoms with Gasteiger partial charge in [-0.2, -0.15) is 0 Å². The van der Waals surface area contributed by atoms with Crippen LogP contribution in [0.2, 0.25) is 0 Å². The molecule has 2 unspecified atom stereocenters. The Morgan fingerprint density at radius 3 is 2.68 bits per heavy atom. The summed E-state index contributed by atoms with van der Waals surface area (Å²) in [6.45, 7) is 7.81. The molecule has 2 atom stereocenters. The van der Waals surface area contributed by atoms with Crippen molar-refractivity contribution in [2.24, 2.45) is 5.92 Å². The summed E-state index contributed by atoms with van der Waals surface area (Å²) in [5, 5.41) is 2.95. The zero-order chi connectivity index (χ0) is 16.2. The van der Waals surface area contributed by atoms with Crippen LogP contribution < -0.4 is 5.32 Å². The fraction of sp³-hybridized carbons (Fsp3) is 0.688. The number of ether oxygens (including phenoxy) is 2. The number of carbonyl (C=O) groups excluding carboxylic acids is 1. The van der Waals surface area contributed by atoms with Gasteiger partial charge in [0.2, 0.25) is 0 Å². The third kappa shape index (κ3) is 4.24. The minimum Gasteiger partial charge on any atom is -0.467 e. The Morgan fingerprint density at radius 2 is 2.09 bits per heavy atom. The molecule has 0 bridgehead atoms. The summed E-state index contributed by atoms with van der Waals surface area (Å²) in [5.41, 5.74) is 0. The van der Waals surface area contributed by atoms with Crippen molar-refractivity contribution in [3.05, 3.63) is 24.2 Å². The minimum atomic E-state index is -0.516. The number of nitrogens with one attached hydrogen (secondary N) is 1. The number of carbonyl (C=O) groups is 1. The van der Waals surface area contributed by atoms with Crippen molar-refractivity contribution < 1.29 is 18.7 Å². The molecule has 0 aromatic carbocycles. The number of furan rings is 1. The molecule has 1 fully saturated rings. The Balaban J connectivity index is 1.76. The first-order valence-corrected chi connectivity index (χ1v) is 7.73. The summed E-state index contributed by atoms with van der Waals surface area (Å²) in [7, 11) is 1.76. The molecule has 6 heteroatoms. The van der Waals surface area contributed by atoms with Gasteiger partial charge in [-0.25, -0.2) is 4.79 Å². The van der Waals surface area contributed by atoms with Crippen molar-refractivity contribution in [2.45, 2.75) is 39.0 Å². The first-order valence-electron chi connectivity index (χ1n) is 7.73. The summed E-state index contributed by atoms with van der Waals surface area (Å²) < 4.78 is 16.5. The van der Waals surface area contributed by atoms with Crippen molar-refractivity contribution in [3.63, 3.8) is 0 Å². The van der Waals surface area contributed by atoms with Gasteiger partial charge in [-0.3, -0.25) is 0 Å². The third-order valence-electron chi connectivity index (χ3n) is 4.08. The lowest BCUT2D eigenvalue weighted by atomic mass is 10.0. The summed E-state index contributed by atoms with van der Waals surface area (Å²) >= 11 is 0. The highest BCUT2D eigenvalue weighted by Crippen LogP contribution is 2.26. The van der Waals surface area contributed by atoms with Gasteiger partial charge in [0.25, 0.3) is 0 Å². The van der Waals surface area contributed by atoms with Crippen LogP contribution in [-0.2, 0) is 9.47 Å². The molecule has 124 valence electrons. The molecule has 1 N–H and O–H groups in total. The van der Waals surface area contributed by atoms with E-state index in [1.165, 1.54) is 0 Å². The number of urea groups is 1. The monoisotopic (exact) mass is 310 g/mol. The smallest absolute Gasteiger partial charge is 0.317 e. The number of hydrogen-bond acceptors (Lipinski definition) is 4. The van der Waals surface area contributed by atoms with Crippen LogP contribution >= 0.6 is 0 Å². The standard InChI is InChI=1S/C16H26N2O4/c1-12(10-16(3)21-8-9-22-16)11-17-15(19)18(4)13(2)14-6-5-7-20-14/h5-7,12-13H,8-11H2,1-4H3,(H,17,19). The first-order chi connectivity index (χ1) is 10.4. The fourth-order valence-electron chi connectivity index (χ4n) is 2.66. The van der Waals surface area contributed by atoms with E-state index in [0.29, 0.717) is 19.8 Å².